The van der Waals surface area contributed by atoms with Gasteiger partial charge in [-0.1, -0.05) is 12.1 Å². The lowest BCUT2D eigenvalue weighted by Crippen LogP contribution is -2.19. The average Bonchev–Trinajstić information content (AvgIpc) is 2.62. The summed E-state index contributed by atoms with van der Waals surface area (Å²) >= 11 is 0. The van der Waals surface area contributed by atoms with Gasteiger partial charge < -0.3 is 5.32 Å². The number of carbonyl (C=O) groups excluding carboxylic acids is 1. The largest absolute Gasteiger partial charge is 0.322 e. The van der Waals surface area contributed by atoms with Gasteiger partial charge in [-0.15, -0.1) is 0 Å². The van der Waals surface area contributed by atoms with E-state index in [9.17, 15) is 4.79 Å². The second kappa shape index (κ2) is 7.51. The molecular formula is C21H26N3O+. The smallest absolute Gasteiger partial charge is 0.255 e. The third kappa shape index (κ3) is 4.08. The Morgan fingerprint density at radius 2 is 1.56 bits per heavy atom. The average molecular weight is 336 g/mol. The van der Waals surface area contributed by atoms with Gasteiger partial charge in [0.2, 0.25) is 5.84 Å². The maximum atomic E-state index is 12.7. The topological polar surface area (TPSA) is 44.1 Å². The number of fused-ring (bicyclic) bond motifs is 1. The summed E-state index contributed by atoms with van der Waals surface area (Å²) in [6.07, 6.45) is 4.47. The van der Waals surface area contributed by atoms with Gasteiger partial charge in [0.05, 0.1) is 14.1 Å². The molecule has 0 spiro atoms. The molecule has 2 N–H and O–H groups in total. The van der Waals surface area contributed by atoms with Gasteiger partial charge in [0.1, 0.15) is 5.69 Å². The van der Waals surface area contributed by atoms with Crippen molar-refractivity contribution in [2.45, 2.75) is 32.6 Å². The van der Waals surface area contributed by atoms with Crippen LogP contribution in [0.5, 0.6) is 0 Å². The molecule has 0 saturated carbocycles. The van der Waals surface area contributed by atoms with Crippen LogP contribution in [0, 0.1) is 0 Å². The van der Waals surface area contributed by atoms with E-state index < -0.39 is 0 Å². The molecule has 1 aliphatic rings. The van der Waals surface area contributed by atoms with Crippen LogP contribution in [0.1, 0.15) is 41.3 Å². The highest BCUT2D eigenvalue weighted by Crippen LogP contribution is 2.25. The highest BCUT2D eigenvalue weighted by molar-refractivity contribution is 6.05. The fourth-order valence-electron chi connectivity index (χ4n) is 3.15. The molecule has 0 unspecified atom stereocenters. The van der Waals surface area contributed by atoms with E-state index in [1.807, 2.05) is 62.0 Å². The zero-order valence-electron chi connectivity index (χ0n) is 15.2. The molecule has 0 aliphatic heterocycles. The monoisotopic (exact) mass is 336 g/mol. The zero-order valence-corrected chi connectivity index (χ0v) is 15.2. The lowest BCUT2D eigenvalue weighted by Gasteiger charge is -2.19. The minimum absolute atomic E-state index is 0.0181. The maximum Gasteiger partial charge on any atom is 0.255 e. The van der Waals surface area contributed by atoms with Gasteiger partial charge in [-0.05, 0) is 67.1 Å². The number of rotatable bonds is 3. The van der Waals surface area contributed by atoms with Crippen molar-refractivity contribution < 1.29 is 9.37 Å². The van der Waals surface area contributed by atoms with Crippen LogP contribution < -0.4 is 10.6 Å². The Morgan fingerprint density at radius 1 is 0.920 bits per heavy atom. The second-order valence-corrected chi connectivity index (χ2v) is 6.79. The lowest BCUT2D eigenvalue weighted by molar-refractivity contribution is -0.464. The van der Waals surface area contributed by atoms with Gasteiger partial charge in [0.25, 0.3) is 5.91 Å². The minimum atomic E-state index is -0.0181. The Morgan fingerprint density at radius 3 is 2.24 bits per heavy atom. The van der Waals surface area contributed by atoms with E-state index in [-0.39, 0.29) is 5.91 Å². The molecule has 0 heterocycles. The summed E-state index contributed by atoms with van der Waals surface area (Å²) in [4.78, 5) is 12.7. The molecule has 2 aromatic carbocycles. The first-order valence-corrected chi connectivity index (χ1v) is 8.84. The molecule has 0 atom stereocenters. The van der Waals surface area contributed by atoms with Crippen molar-refractivity contribution in [3.05, 3.63) is 59.2 Å². The quantitative estimate of drug-likeness (QED) is 0.507. The molecule has 0 saturated heterocycles. The lowest BCUT2D eigenvalue weighted by atomic mass is 9.88. The Balaban J connectivity index is 1.73. The molecule has 0 bridgehead atoms. The van der Waals surface area contributed by atoms with Crippen molar-refractivity contribution >= 4 is 23.1 Å². The Kier molecular flexibility index (Phi) is 5.17. The number of benzene rings is 2. The Hall–Kier alpha value is -2.62. The highest BCUT2D eigenvalue weighted by atomic mass is 16.1. The van der Waals surface area contributed by atoms with Gasteiger partial charge in [0.15, 0.2) is 0 Å². The van der Waals surface area contributed by atoms with E-state index in [2.05, 4.69) is 16.7 Å². The van der Waals surface area contributed by atoms with Gasteiger partial charge in [-0.3, -0.25) is 9.37 Å². The minimum Gasteiger partial charge on any atom is -0.322 e. The third-order valence-corrected chi connectivity index (χ3v) is 4.78. The normalized spacial score (nSPS) is 12.9. The Labute approximate surface area is 149 Å². The van der Waals surface area contributed by atoms with Gasteiger partial charge in [0, 0.05) is 18.2 Å². The summed E-state index contributed by atoms with van der Waals surface area (Å²) in [5.41, 5.74) is 5.18. The number of amides is 1. The fraction of sp³-hybridized carbons (Fsp3) is 0.333. The standard InChI is InChI=1S/C21H25N3O/c1-15(24(2)3)22-17-11-13-18(14-12-17)23-21(25)20-10-6-8-16-7-4-5-9-19(16)20/h6,8,10-14H,4-5,7,9H2,1-3H3,(H,23,25)/p+1. The summed E-state index contributed by atoms with van der Waals surface area (Å²) in [6, 6.07) is 13.9. The molecular weight excluding hydrogens is 310 g/mol. The number of carbonyl (C=O) groups is 1. The van der Waals surface area contributed by atoms with E-state index in [1.165, 1.54) is 24.0 Å². The first-order valence-electron chi connectivity index (χ1n) is 8.84. The number of nitrogens with one attached hydrogen (secondary N) is 2. The summed E-state index contributed by atoms with van der Waals surface area (Å²) in [5, 5.41) is 6.35. The van der Waals surface area contributed by atoms with E-state index >= 15 is 0 Å². The third-order valence-electron chi connectivity index (χ3n) is 4.78. The molecule has 0 aromatic heterocycles. The van der Waals surface area contributed by atoms with E-state index in [1.54, 1.807) is 0 Å². The van der Waals surface area contributed by atoms with Crippen LogP contribution in [-0.4, -0.2) is 30.4 Å². The van der Waals surface area contributed by atoms with Crippen LogP contribution in [-0.2, 0) is 12.8 Å². The maximum absolute atomic E-state index is 12.7. The van der Waals surface area contributed by atoms with Crippen LogP contribution in [0.2, 0.25) is 0 Å². The number of anilines is 2. The molecule has 3 rings (SSSR count). The molecule has 4 heteroatoms. The number of aryl methyl sites for hydroxylation is 1. The number of hydrogen-bond acceptors (Lipinski definition) is 1. The Bertz CT molecular complexity index is 802. The van der Waals surface area contributed by atoms with Crippen molar-refractivity contribution in [3.8, 4) is 0 Å². The van der Waals surface area contributed by atoms with E-state index in [0.717, 1.165) is 35.6 Å². The summed E-state index contributed by atoms with van der Waals surface area (Å²) in [7, 11) is 3.99. The first kappa shape index (κ1) is 17.2. The van der Waals surface area contributed by atoms with Crippen molar-refractivity contribution in [2.24, 2.45) is 0 Å². The first-order chi connectivity index (χ1) is 12.0. The molecule has 0 radical (unpaired) electrons. The van der Waals surface area contributed by atoms with Crippen molar-refractivity contribution in [2.75, 3.05) is 24.7 Å². The van der Waals surface area contributed by atoms with Crippen LogP contribution >= 0.6 is 0 Å². The SMILES string of the molecule is CC(Nc1ccc(NC(=O)c2cccc3c2CCCC3)cc1)=[N+](C)C. The summed E-state index contributed by atoms with van der Waals surface area (Å²) in [5.74, 6) is 1.04. The summed E-state index contributed by atoms with van der Waals surface area (Å²) in [6.45, 7) is 2.02. The molecule has 4 nitrogen and oxygen atoms in total. The van der Waals surface area contributed by atoms with Gasteiger partial charge >= 0.3 is 0 Å². The highest BCUT2D eigenvalue weighted by Gasteiger charge is 2.17. The fourth-order valence-corrected chi connectivity index (χ4v) is 3.15. The van der Waals surface area contributed by atoms with Crippen LogP contribution in [0.25, 0.3) is 0 Å². The van der Waals surface area contributed by atoms with E-state index in [4.69, 9.17) is 0 Å². The molecule has 0 fully saturated rings. The number of amidine groups is 1. The van der Waals surface area contributed by atoms with Crippen molar-refractivity contribution in [3.63, 3.8) is 0 Å². The van der Waals surface area contributed by atoms with E-state index in [0.29, 0.717) is 0 Å². The molecule has 130 valence electrons. The molecule has 2 aromatic rings. The van der Waals surface area contributed by atoms with Crippen LogP contribution in [0.15, 0.2) is 42.5 Å². The van der Waals surface area contributed by atoms with Gasteiger partial charge in [-0.2, -0.15) is 0 Å². The van der Waals surface area contributed by atoms with Crippen molar-refractivity contribution in [1.29, 1.82) is 0 Å². The molecule has 1 aliphatic carbocycles. The van der Waals surface area contributed by atoms with Gasteiger partial charge in [-0.25, -0.2) is 5.32 Å². The second-order valence-electron chi connectivity index (χ2n) is 6.79. The molecule has 25 heavy (non-hydrogen) atoms. The van der Waals surface area contributed by atoms with Crippen LogP contribution in [0.3, 0.4) is 0 Å². The van der Waals surface area contributed by atoms with Crippen LogP contribution in [0.4, 0.5) is 11.4 Å². The number of nitrogens with zero attached hydrogens (tertiary/aromatic N) is 1. The molecule has 1 amide bonds. The number of hydrogen-bond donors (Lipinski definition) is 2. The zero-order chi connectivity index (χ0) is 17.8. The van der Waals surface area contributed by atoms with Crippen molar-refractivity contribution in [1.82, 2.24) is 0 Å². The summed E-state index contributed by atoms with van der Waals surface area (Å²) < 4.78 is 2.02. The predicted molar refractivity (Wildman–Crippen MR) is 104 cm³/mol. The predicted octanol–water partition coefficient (Wildman–Crippen LogP) is 3.92.